The molecule has 0 aliphatic carbocycles. The largest absolute Gasteiger partial charge is 0.416 e. The van der Waals surface area contributed by atoms with Gasteiger partial charge in [-0.25, -0.2) is 0 Å². The van der Waals surface area contributed by atoms with Gasteiger partial charge in [-0.2, -0.15) is 26.3 Å². The van der Waals surface area contributed by atoms with Crippen molar-refractivity contribution in [1.29, 1.82) is 0 Å². The summed E-state index contributed by atoms with van der Waals surface area (Å²) in [4.78, 5) is 0. The molecule has 0 saturated heterocycles. The minimum atomic E-state index is -5.01. The SMILES string of the molecule is CC(C)(C)[C@H](O)[C@H](N)c1ccc(C(F)(F)F)cc1C(F)(F)F.Cl. The Morgan fingerprint density at radius 2 is 1.43 bits per heavy atom. The Hall–Kier alpha value is -0.990. The van der Waals surface area contributed by atoms with Crippen LogP contribution in [0.25, 0.3) is 0 Å². The van der Waals surface area contributed by atoms with Crippen molar-refractivity contribution in [2.75, 3.05) is 0 Å². The normalized spacial score (nSPS) is 15.8. The molecule has 0 fully saturated rings. The van der Waals surface area contributed by atoms with E-state index in [9.17, 15) is 31.4 Å². The van der Waals surface area contributed by atoms with Gasteiger partial charge in [0.2, 0.25) is 0 Å². The molecule has 0 aliphatic rings. The Balaban J connectivity index is 0.00000484. The fourth-order valence-corrected chi connectivity index (χ4v) is 1.98. The first-order valence-electron chi connectivity index (χ1n) is 6.37. The predicted molar refractivity (Wildman–Crippen MR) is 76.1 cm³/mol. The average Bonchev–Trinajstić information content (AvgIpc) is 2.33. The summed E-state index contributed by atoms with van der Waals surface area (Å²) in [6.45, 7) is 4.69. The van der Waals surface area contributed by atoms with Crippen LogP contribution in [0.4, 0.5) is 26.3 Å². The third kappa shape index (κ3) is 5.26. The van der Waals surface area contributed by atoms with Gasteiger partial charge in [0.15, 0.2) is 0 Å². The average molecular weight is 366 g/mol. The van der Waals surface area contributed by atoms with Crippen LogP contribution in [0.5, 0.6) is 0 Å². The second kappa shape index (κ2) is 6.86. The van der Waals surface area contributed by atoms with Crippen molar-refractivity contribution >= 4 is 12.4 Å². The van der Waals surface area contributed by atoms with E-state index in [4.69, 9.17) is 5.73 Å². The number of aliphatic hydroxyl groups is 1. The minimum absolute atomic E-state index is 0. The van der Waals surface area contributed by atoms with Gasteiger partial charge in [-0.05, 0) is 23.1 Å². The Bertz CT molecular complexity index is 536. The molecule has 23 heavy (non-hydrogen) atoms. The highest BCUT2D eigenvalue weighted by Gasteiger charge is 2.41. The molecular formula is C14H18ClF6NO. The van der Waals surface area contributed by atoms with Crippen LogP contribution in [0.15, 0.2) is 18.2 Å². The van der Waals surface area contributed by atoms with Crippen molar-refractivity contribution in [3.63, 3.8) is 0 Å². The standard InChI is InChI=1S/C14H17F6NO.ClH/c1-12(2,3)11(22)10(21)8-5-4-7(13(15,16)17)6-9(8)14(18,19)20;/h4-6,10-11,22H,21H2,1-3H3;1H/t10-,11-;/m1./s1. The first-order chi connectivity index (χ1) is 9.65. The third-order valence-corrected chi connectivity index (χ3v) is 3.27. The van der Waals surface area contributed by atoms with Crippen LogP contribution in [0.2, 0.25) is 0 Å². The van der Waals surface area contributed by atoms with Crippen molar-refractivity contribution in [3.8, 4) is 0 Å². The van der Waals surface area contributed by atoms with E-state index in [1.807, 2.05) is 0 Å². The van der Waals surface area contributed by atoms with Gasteiger partial charge in [-0.1, -0.05) is 26.8 Å². The van der Waals surface area contributed by atoms with E-state index in [2.05, 4.69) is 0 Å². The van der Waals surface area contributed by atoms with E-state index in [0.717, 1.165) is 0 Å². The number of hydrogen-bond acceptors (Lipinski definition) is 2. The zero-order valence-corrected chi connectivity index (χ0v) is 13.4. The van der Waals surface area contributed by atoms with E-state index in [-0.39, 0.29) is 18.5 Å². The number of hydrogen-bond donors (Lipinski definition) is 2. The lowest BCUT2D eigenvalue weighted by Crippen LogP contribution is -2.38. The molecule has 2 atom stereocenters. The van der Waals surface area contributed by atoms with E-state index in [1.165, 1.54) is 0 Å². The molecule has 0 aliphatic heterocycles. The molecular weight excluding hydrogens is 348 g/mol. The molecule has 3 N–H and O–H groups in total. The molecule has 0 unspecified atom stereocenters. The summed E-state index contributed by atoms with van der Waals surface area (Å²) in [5, 5.41) is 10.0. The highest BCUT2D eigenvalue weighted by atomic mass is 35.5. The van der Waals surface area contributed by atoms with Gasteiger partial charge in [0.05, 0.1) is 23.3 Å². The fourth-order valence-electron chi connectivity index (χ4n) is 1.98. The lowest BCUT2D eigenvalue weighted by Gasteiger charge is -2.32. The summed E-state index contributed by atoms with van der Waals surface area (Å²) >= 11 is 0. The third-order valence-electron chi connectivity index (χ3n) is 3.27. The van der Waals surface area contributed by atoms with E-state index in [1.54, 1.807) is 20.8 Å². The first-order valence-corrected chi connectivity index (χ1v) is 6.37. The van der Waals surface area contributed by atoms with Crippen LogP contribution in [-0.2, 0) is 12.4 Å². The number of nitrogens with two attached hydrogens (primary N) is 1. The molecule has 1 rings (SSSR count). The van der Waals surface area contributed by atoms with Gasteiger partial charge in [0, 0.05) is 0 Å². The highest BCUT2D eigenvalue weighted by Crippen LogP contribution is 2.40. The second-order valence-electron chi connectivity index (χ2n) is 6.13. The Labute approximate surface area is 136 Å². The molecule has 2 nitrogen and oxygen atoms in total. The maximum absolute atomic E-state index is 13.0. The Kier molecular flexibility index (Phi) is 6.57. The van der Waals surface area contributed by atoms with Gasteiger partial charge >= 0.3 is 12.4 Å². The van der Waals surface area contributed by atoms with Crippen molar-refractivity contribution in [2.24, 2.45) is 11.1 Å². The lowest BCUT2D eigenvalue weighted by atomic mass is 9.81. The van der Waals surface area contributed by atoms with Crippen LogP contribution in [0.1, 0.15) is 43.5 Å². The lowest BCUT2D eigenvalue weighted by molar-refractivity contribution is -0.143. The zero-order chi connectivity index (χ0) is 17.5. The smallest absolute Gasteiger partial charge is 0.391 e. The summed E-state index contributed by atoms with van der Waals surface area (Å²) < 4.78 is 76.9. The number of halogens is 7. The molecule has 0 aromatic heterocycles. The summed E-state index contributed by atoms with van der Waals surface area (Å²) in [6, 6.07) is -0.241. The quantitative estimate of drug-likeness (QED) is 0.755. The van der Waals surface area contributed by atoms with Crippen LogP contribution < -0.4 is 5.73 Å². The predicted octanol–water partition coefficient (Wildman–Crippen LogP) is 4.55. The zero-order valence-electron chi connectivity index (χ0n) is 12.6. The molecule has 134 valence electrons. The second-order valence-corrected chi connectivity index (χ2v) is 6.13. The van der Waals surface area contributed by atoms with Crippen LogP contribution in [0, 0.1) is 5.41 Å². The molecule has 0 radical (unpaired) electrons. The van der Waals surface area contributed by atoms with Gasteiger partial charge in [0.25, 0.3) is 0 Å². The van der Waals surface area contributed by atoms with Crippen molar-refractivity contribution in [2.45, 2.75) is 45.3 Å². The number of benzene rings is 1. The molecule has 0 bridgehead atoms. The maximum atomic E-state index is 13.0. The molecule has 0 heterocycles. The minimum Gasteiger partial charge on any atom is -0.391 e. The maximum Gasteiger partial charge on any atom is 0.416 e. The molecule has 0 spiro atoms. The number of alkyl halides is 6. The number of aliphatic hydroxyl groups excluding tert-OH is 1. The molecule has 1 aromatic rings. The van der Waals surface area contributed by atoms with Gasteiger partial charge in [-0.3, -0.25) is 0 Å². The Morgan fingerprint density at radius 1 is 0.957 bits per heavy atom. The molecule has 0 saturated carbocycles. The van der Waals surface area contributed by atoms with E-state index >= 15 is 0 Å². The van der Waals surface area contributed by atoms with Gasteiger partial charge in [0.1, 0.15) is 0 Å². The van der Waals surface area contributed by atoms with Crippen molar-refractivity contribution in [1.82, 2.24) is 0 Å². The molecule has 1 aromatic carbocycles. The topological polar surface area (TPSA) is 46.2 Å². The van der Waals surface area contributed by atoms with E-state index < -0.39 is 46.6 Å². The van der Waals surface area contributed by atoms with Crippen molar-refractivity contribution in [3.05, 3.63) is 34.9 Å². The van der Waals surface area contributed by atoms with Crippen molar-refractivity contribution < 1.29 is 31.4 Å². The number of rotatable bonds is 2. The van der Waals surface area contributed by atoms with Gasteiger partial charge in [-0.15, -0.1) is 12.4 Å². The first kappa shape index (κ1) is 22.0. The van der Waals surface area contributed by atoms with Crippen LogP contribution >= 0.6 is 12.4 Å². The monoisotopic (exact) mass is 365 g/mol. The van der Waals surface area contributed by atoms with E-state index in [0.29, 0.717) is 12.1 Å². The fraction of sp³-hybridized carbons (Fsp3) is 0.571. The van der Waals surface area contributed by atoms with Gasteiger partial charge < -0.3 is 10.8 Å². The summed E-state index contributed by atoms with van der Waals surface area (Å²) in [7, 11) is 0. The highest BCUT2D eigenvalue weighted by molar-refractivity contribution is 5.85. The summed E-state index contributed by atoms with van der Waals surface area (Å²) in [5.41, 5.74) is 1.35. The summed E-state index contributed by atoms with van der Waals surface area (Å²) in [5.74, 6) is 0. The molecule has 9 heteroatoms. The Morgan fingerprint density at radius 3 is 1.78 bits per heavy atom. The summed E-state index contributed by atoms with van der Waals surface area (Å²) in [6.07, 6.45) is -11.3. The van der Waals surface area contributed by atoms with Crippen LogP contribution in [-0.4, -0.2) is 11.2 Å². The van der Waals surface area contributed by atoms with Crippen LogP contribution in [0.3, 0.4) is 0 Å². The molecule has 0 amide bonds.